The zero-order valence-electron chi connectivity index (χ0n) is 11.2. The first-order valence-electron chi connectivity index (χ1n) is 6.73. The van der Waals surface area contributed by atoms with Gasteiger partial charge in [0.05, 0.1) is 5.69 Å². The highest BCUT2D eigenvalue weighted by molar-refractivity contribution is 5.83. The van der Waals surface area contributed by atoms with Crippen molar-refractivity contribution in [2.24, 2.45) is 0 Å². The Balaban J connectivity index is 1.90. The molecule has 0 saturated carbocycles. The van der Waals surface area contributed by atoms with Crippen molar-refractivity contribution in [2.45, 2.75) is 18.8 Å². The Morgan fingerprint density at radius 1 is 1.42 bits per heavy atom. The molecular weight excluding hydrogens is 238 g/mol. The molecule has 1 aromatic carbocycles. The fourth-order valence-corrected chi connectivity index (χ4v) is 2.74. The summed E-state index contributed by atoms with van der Waals surface area (Å²) in [6.45, 7) is 5.93. The molecule has 4 heteroatoms. The molecule has 1 N–H and O–H groups in total. The molecule has 0 spiro atoms. The van der Waals surface area contributed by atoms with E-state index in [0.29, 0.717) is 5.92 Å². The molecule has 4 nitrogen and oxygen atoms in total. The number of aromatic nitrogens is 1. The van der Waals surface area contributed by atoms with Gasteiger partial charge in [0.25, 0.3) is 0 Å². The number of benzene rings is 1. The molecule has 19 heavy (non-hydrogen) atoms. The van der Waals surface area contributed by atoms with E-state index in [4.69, 9.17) is 4.52 Å². The highest BCUT2D eigenvalue weighted by atomic mass is 16.5. The number of anilines is 1. The van der Waals surface area contributed by atoms with Crippen molar-refractivity contribution in [1.82, 2.24) is 10.1 Å². The highest BCUT2D eigenvalue weighted by Gasteiger charge is 2.23. The van der Waals surface area contributed by atoms with Gasteiger partial charge in [-0.25, -0.2) is 0 Å². The van der Waals surface area contributed by atoms with Crippen molar-refractivity contribution in [3.05, 3.63) is 36.7 Å². The van der Waals surface area contributed by atoms with Crippen LogP contribution >= 0.6 is 0 Å². The Bertz CT molecular complexity index is 582. The van der Waals surface area contributed by atoms with Gasteiger partial charge < -0.3 is 14.7 Å². The third-order valence-corrected chi connectivity index (χ3v) is 3.87. The van der Waals surface area contributed by atoms with Crippen LogP contribution in [-0.2, 0) is 0 Å². The molecule has 0 amide bonds. The topological polar surface area (TPSA) is 41.3 Å². The van der Waals surface area contributed by atoms with E-state index < -0.39 is 0 Å². The molecule has 1 aliphatic rings. The zero-order chi connectivity index (χ0) is 13.2. The van der Waals surface area contributed by atoms with Crippen molar-refractivity contribution in [3.63, 3.8) is 0 Å². The molecule has 2 aromatic rings. The average molecular weight is 257 g/mol. The van der Waals surface area contributed by atoms with Gasteiger partial charge in [-0.3, -0.25) is 0 Å². The van der Waals surface area contributed by atoms with E-state index in [9.17, 15) is 0 Å². The lowest BCUT2D eigenvalue weighted by Gasteiger charge is -2.27. The maximum atomic E-state index is 5.48. The minimum Gasteiger partial charge on any atom is -0.362 e. The maximum absolute atomic E-state index is 5.48. The Kier molecular flexibility index (Phi) is 3.25. The Morgan fingerprint density at radius 3 is 2.95 bits per heavy atom. The van der Waals surface area contributed by atoms with Gasteiger partial charge in [-0.2, -0.15) is 0 Å². The molecule has 3 rings (SSSR count). The lowest BCUT2D eigenvalue weighted by molar-refractivity contribution is 0.250. The van der Waals surface area contributed by atoms with Gasteiger partial charge in [-0.15, -0.1) is 0 Å². The summed E-state index contributed by atoms with van der Waals surface area (Å²) in [6, 6.07) is 6.10. The van der Waals surface area contributed by atoms with Crippen LogP contribution in [-0.4, -0.2) is 30.2 Å². The first kappa shape index (κ1) is 12.2. The molecule has 0 unspecified atom stereocenters. The number of nitrogens with one attached hydrogen (secondary N) is 1. The van der Waals surface area contributed by atoms with Gasteiger partial charge in [0, 0.05) is 23.1 Å². The molecular formula is C15H19N3O. The van der Waals surface area contributed by atoms with E-state index in [0.717, 1.165) is 48.3 Å². The molecule has 1 fully saturated rings. The number of likely N-dealkylation sites (tertiary alicyclic amines) is 1. The highest BCUT2D eigenvalue weighted by Crippen LogP contribution is 2.33. The number of hydrogen-bond acceptors (Lipinski definition) is 4. The lowest BCUT2D eigenvalue weighted by Crippen LogP contribution is -2.29. The molecule has 2 heterocycles. The van der Waals surface area contributed by atoms with Crippen LogP contribution in [0.15, 0.2) is 35.5 Å². The van der Waals surface area contributed by atoms with Gasteiger partial charge in [0.15, 0.2) is 5.58 Å². The summed E-state index contributed by atoms with van der Waals surface area (Å²) in [4.78, 5) is 2.37. The largest absolute Gasteiger partial charge is 0.362 e. The monoisotopic (exact) mass is 257 g/mol. The van der Waals surface area contributed by atoms with Crippen LogP contribution in [0.3, 0.4) is 0 Å². The fourth-order valence-electron chi connectivity index (χ4n) is 2.74. The Morgan fingerprint density at radius 2 is 2.21 bits per heavy atom. The van der Waals surface area contributed by atoms with Gasteiger partial charge in [-0.05, 0) is 51.3 Å². The predicted molar refractivity (Wildman–Crippen MR) is 77.3 cm³/mol. The number of hydrogen-bond donors (Lipinski definition) is 1. The zero-order valence-corrected chi connectivity index (χ0v) is 11.2. The summed E-state index contributed by atoms with van der Waals surface area (Å²) in [5, 5.41) is 8.50. The molecule has 1 aliphatic heterocycles. The number of rotatable bonds is 3. The minimum atomic E-state index is 0.524. The van der Waals surface area contributed by atoms with Crippen LogP contribution in [0.25, 0.3) is 11.0 Å². The average Bonchev–Trinajstić information content (AvgIpc) is 2.83. The molecule has 0 bridgehead atoms. The molecule has 1 aromatic heterocycles. The molecule has 0 radical (unpaired) electrons. The lowest BCUT2D eigenvalue weighted by atomic mass is 9.92. The first-order chi connectivity index (χ1) is 9.28. The van der Waals surface area contributed by atoms with Crippen molar-refractivity contribution in [1.29, 1.82) is 0 Å². The summed E-state index contributed by atoms with van der Waals surface area (Å²) in [7, 11) is 2.17. The van der Waals surface area contributed by atoms with Gasteiger partial charge in [0.2, 0.25) is 0 Å². The predicted octanol–water partition coefficient (Wildman–Crippen LogP) is 3.19. The summed E-state index contributed by atoms with van der Waals surface area (Å²) >= 11 is 0. The van der Waals surface area contributed by atoms with Crippen molar-refractivity contribution in [2.75, 3.05) is 25.5 Å². The van der Waals surface area contributed by atoms with Crippen molar-refractivity contribution < 1.29 is 4.52 Å². The van der Waals surface area contributed by atoms with Crippen molar-refractivity contribution >= 4 is 16.7 Å². The number of nitrogens with zero attached hydrogens (tertiary/aromatic N) is 2. The smallest absolute Gasteiger partial charge is 0.169 e. The van der Waals surface area contributed by atoms with Gasteiger partial charge >= 0.3 is 0 Å². The SMILES string of the molecule is C=CNc1ccc2c(C3CCN(C)CC3)noc2c1. The molecule has 100 valence electrons. The van der Waals surface area contributed by atoms with Crippen LogP contribution in [0.1, 0.15) is 24.5 Å². The van der Waals surface area contributed by atoms with E-state index in [1.165, 1.54) is 0 Å². The Hall–Kier alpha value is -1.81. The van der Waals surface area contributed by atoms with E-state index >= 15 is 0 Å². The van der Waals surface area contributed by atoms with Crippen LogP contribution < -0.4 is 5.32 Å². The fraction of sp³-hybridized carbons (Fsp3) is 0.400. The molecule has 1 saturated heterocycles. The second-order valence-corrected chi connectivity index (χ2v) is 5.20. The normalized spacial score (nSPS) is 17.7. The first-order valence-corrected chi connectivity index (χ1v) is 6.73. The van der Waals surface area contributed by atoms with Gasteiger partial charge in [-0.1, -0.05) is 11.7 Å². The van der Waals surface area contributed by atoms with Crippen LogP contribution in [0.2, 0.25) is 0 Å². The summed E-state index contributed by atoms with van der Waals surface area (Å²) in [5.74, 6) is 0.524. The van der Waals surface area contributed by atoms with E-state index in [-0.39, 0.29) is 0 Å². The molecule has 0 atom stereocenters. The quantitative estimate of drug-likeness (QED) is 0.916. The minimum absolute atomic E-state index is 0.524. The third kappa shape index (κ3) is 2.36. The van der Waals surface area contributed by atoms with Crippen LogP contribution in [0, 0.1) is 0 Å². The van der Waals surface area contributed by atoms with E-state index in [1.54, 1.807) is 6.20 Å². The molecule has 0 aliphatic carbocycles. The maximum Gasteiger partial charge on any atom is 0.169 e. The number of piperidine rings is 1. The van der Waals surface area contributed by atoms with Crippen LogP contribution in [0.5, 0.6) is 0 Å². The second-order valence-electron chi connectivity index (χ2n) is 5.20. The van der Waals surface area contributed by atoms with Crippen molar-refractivity contribution in [3.8, 4) is 0 Å². The summed E-state index contributed by atoms with van der Waals surface area (Å²) in [6.07, 6.45) is 3.98. The van der Waals surface area contributed by atoms with Crippen LogP contribution in [0.4, 0.5) is 5.69 Å². The van der Waals surface area contributed by atoms with E-state index in [2.05, 4.69) is 35.1 Å². The number of fused-ring (bicyclic) bond motifs is 1. The second kappa shape index (κ2) is 5.05. The third-order valence-electron chi connectivity index (χ3n) is 3.87. The Labute approximate surface area is 113 Å². The standard InChI is InChI=1S/C15H19N3O/c1-3-16-12-4-5-13-14(10-12)19-17-15(13)11-6-8-18(2)9-7-11/h3-5,10-11,16H,1,6-9H2,2H3. The summed E-state index contributed by atoms with van der Waals surface area (Å²) < 4.78 is 5.48. The van der Waals surface area contributed by atoms with Gasteiger partial charge in [0.1, 0.15) is 0 Å². The van der Waals surface area contributed by atoms with E-state index in [1.807, 2.05) is 12.1 Å². The summed E-state index contributed by atoms with van der Waals surface area (Å²) in [5.41, 5.74) is 2.95.